The molecule has 7 nitrogen and oxygen atoms in total. The van der Waals surface area contributed by atoms with E-state index in [1.165, 1.54) is 6.33 Å². The highest BCUT2D eigenvalue weighted by Gasteiger charge is 2.34. The van der Waals surface area contributed by atoms with E-state index in [0.717, 1.165) is 0 Å². The zero-order chi connectivity index (χ0) is 13.0. The van der Waals surface area contributed by atoms with Gasteiger partial charge in [-0.15, -0.1) is 0 Å². The first-order valence-corrected chi connectivity index (χ1v) is 5.72. The lowest BCUT2D eigenvalue weighted by Crippen LogP contribution is -2.33. The van der Waals surface area contributed by atoms with Crippen LogP contribution in [0.5, 0.6) is 5.88 Å². The van der Waals surface area contributed by atoms with Crippen LogP contribution in [0.4, 0.5) is 5.82 Å². The SMILES string of the molecule is CCOc1cc(NC2COCC2C(=O)O)ncn1. The molecule has 1 aromatic heterocycles. The number of rotatable bonds is 5. The third kappa shape index (κ3) is 2.86. The van der Waals surface area contributed by atoms with E-state index in [9.17, 15) is 4.79 Å². The van der Waals surface area contributed by atoms with Crippen LogP contribution in [0, 0.1) is 5.92 Å². The molecule has 0 aromatic carbocycles. The molecule has 98 valence electrons. The summed E-state index contributed by atoms with van der Waals surface area (Å²) in [7, 11) is 0. The van der Waals surface area contributed by atoms with Crippen molar-refractivity contribution in [1.82, 2.24) is 9.97 Å². The van der Waals surface area contributed by atoms with Crippen LogP contribution in [0.15, 0.2) is 12.4 Å². The Labute approximate surface area is 104 Å². The van der Waals surface area contributed by atoms with Gasteiger partial charge in [-0.3, -0.25) is 4.79 Å². The van der Waals surface area contributed by atoms with Gasteiger partial charge in [0.05, 0.1) is 25.9 Å². The number of anilines is 1. The lowest BCUT2D eigenvalue weighted by Gasteiger charge is -2.16. The molecule has 0 aliphatic carbocycles. The van der Waals surface area contributed by atoms with Gasteiger partial charge in [0.2, 0.25) is 5.88 Å². The number of hydrogen-bond acceptors (Lipinski definition) is 6. The van der Waals surface area contributed by atoms with Gasteiger partial charge in [0.25, 0.3) is 0 Å². The Morgan fingerprint density at radius 2 is 2.44 bits per heavy atom. The Morgan fingerprint density at radius 3 is 3.17 bits per heavy atom. The fourth-order valence-electron chi connectivity index (χ4n) is 1.78. The van der Waals surface area contributed by atoms with Gasteiger partial charge in [0.1, 0.15) is 18.1 Å². The number of carboxylic acid groups (broad SMARTS) is 1. The molecule has 7 heteroatoms. The van der Waals surface area contributed by atoms with Crippen molar-refractivity contribution in [2.24, 2.45) is 5.92 Å². The van der Waals surface area contributed by atoms with Crippen LogP contribution >= 0.6 is 0 Å². The molecule has 1 fully saturated rings. The van der Waals surface area contributed by atoms with Gasteiger partial charge in [0, 0.05) is 6.07 Å². The average Bonchev–Trinajstić information content (AvgIpc) is 2.78. The largest absolute Gasteiger partial charge is 0.481 e. The maximum Gasteiger partial charge on any atom is 0.311 e. The fourth-order valence-corrected chi connectivity index (χ4v) is 1.78. The Bertz CT molecular complexity index is 427. The lowest BCUT2D eigenvalue weighted by atomic mass is 10.0. The second kappa shape index (κ2) is 5.63. The molecule has 2 N–H and O–H groups in total. The van der Waals surface area contributed by atoms with E-state index in [1.54, 1.807) is 6.07 Å². The topological polar surface area (TPSA) is 93.6 Å². The van der Waals surface area contributed by atoms with Crippen LogP contribution in [0.25, 0.3) is 0 Å². The van der Waals surface area contributed by atoms with E-state index in [1.807, 2.05) is 6.92 Å². The minimum atomic E-state index is -0.871. The Hall–Kier alpha value is -1.89. The van der Waals surface area contributed by atoms with Crippen LogP contribution in [0.3, 0.4) is 0 Å². The molecule has 1 aromatic rings. The highest BCUT2D eigenvalue weighted by atomic mass is 16.5. The second-order valence-corrected chi connectivity index (χ2v) is 3.91. The van der Waals surface area contributed by atoms with Crippen molar-refractivity contribution in [3.8, 4) is 5.88 Å². The third-order valence-corrected chi connectivity index (χ3v) is 2.67. The van der Waals surface area contributed by atoms with E-state index < -0.39 is 11.9 Å². The molecule has 0 saturated carbocycles. The van der Waals surface area contributed by atoms with Crippen molar-refractivity contribution >= 4 is 11.8 Å². The summed E-state index contributed by atoms with van der Waals surface area (Å²) < 4.78 is 10.4. The van der Waals surface area contributed by atoms with Crippen LogP contribution in [-0.4, -0.2) is 46.9 Å². The highest BCUT2D eigenvalue weighted by Crippen LogP contribution is 2.19. The average molecular weight is 253 g/mol. The standard InChI is InChI=1S/C11H15N3O4/c1-2-18-10-3-9(12-6-13-10)14-8-5-17-4-7(8)11(15)16/h3,6-8H,2,4-5H2,1H3,(H,15,16)(H,12,13,14). The monoisotopic (exact) mass is 253 g/mol. The second-order valence-electron chi connectivity index (χ2n) is 3.91. The first-order chi connectivity index (χ1) is 8.70. The van der Waals surface area contributed by atoms with Crippen molar-refractivity contribution in [2.45, 2.75) is 13.0 Å². The Morgan fingerprint density at radius 1 is 1.61 bits per heavy atom. The smallest absolute Gasteiger partial charge is 0.311 e. The molecule has 18 heavy (non-hydrogen) atoms. The predicted octanol–water partition coefficient (Wildman–Crippen LogP) is 0.387. The number of carboxylic acids is 1. The maximum absolute atomic E-state index is 11.0. The fraction of sp³-hybridized carbons (Fsp3) is 0.545. The first kappa shape index (κ1) is 12.6. The molecular formula is C11H15N3O4. The highest BCUT2D eigenvalue weighted by molar-refractivity contribution is 5.72. The lowest BCUT2D eigenvalue weighted by molar-refractivity contribution is -0.141. The molecule has 2 heterocycles. The number of carbonyl (C=O) groups is 1. The van der Waals surface area contributed by atoms with Gasteiger partial charge in [-0.25, -0.2) is 9.97 Å². The molecule has 1 aliphatic heterocycles. The van der Waals surface area contributed by atoms with Gasteiger partial charge in [-0.05, 0) is 6.92 Å². The van der Waals surface area contributed by atoms with Crippen molar-refractivity contribution in [3.05, 3.63) is 12.4 Å². The van der Waals surface area contributed by atoms with Gasteiger partial charge >= 0.3 is 5.97 Å². The summed E-state index contributed by atoms with van der Waals surface area (Å²) in [6.45, 7) is 2.95. The van der Waals surface area contributed by atoms with Gasteiger partial charge in [-0.2, -0.15) is 0 Å². The van der Waals surface area contributed by atoms with Crippen LogP contribution < -0.4 is 10.1 Å². The van der Waals surface area contributed by atoms with Crippen molar-refractivity contribution in [3.63, 3.8) is 0 Å². The summed E-state index contributed by atoms with van der Waals surface area (Å²) in [5, 5.41) is 12.1. The Kier molecular flexibility index (Phi) is 3.93. The number of aliphatic carboxylic acids is 1. The van der Waals surface area contributed by atoms with E-state index in [0.29, 0.717) is 24.9 Å². The normalized spacial score (nSPS) is 22.7. The van der Waals surface area contributed by atoms with Crippen LogP contribution in [0.2, 0.25) is 0 Å². The number of hydrogen-bond donors (Lipinski definition) is 2. The maximum atomic E-state index is 11.0. The van der Waals surface area contributed by atoms with Crippen molar-refractivity contribution in [2.75, 3.05) is 25.1 Å². The predicted molar refractivity (Wildman–Crippen MR) is 62.6 cm³/mol. The summed E-state index contributed by atoms with van der Waals surface area (Å²) in [4.78, 5) is 19.0. The molecule has 0 spiro atoms. The minimum absolute atomic E-state index is 0.219. The molecule has 2 rings (SSSR count). The van der Waals surface area contributed by atoms with Crippen molar-refractivity contribution in [1.29, 1.82) is 0 Å². The number of nitrogens with zero attached hydrogens (tertiary/aromatic N) is 2. The first-order valence-electron chi connectivity index (χ1n) is 5.72. The molecule has 1 saturated heterocycles. The summed E-state index contributed by atoms with van der Waals surface area (Å²) in [6, 6.07) is 1.35. The van der Waals surface area contributed by atoms with E-state index in [4.69, 9.17) is 14.6 Å². The summed E-state index contributed by atoms with van der Waals surface area (Å²) in [5.41, 5.74) is 0. The van der Waals surface area contributed by atoms with Gasteiger partial charge < -0.3 is 19.9 Å². The van der Waals surface area contributed by atoms with Gasteiger partial charge in [0.15, 0.2) is 0 Å². The molecule has 2 atom stereocenters. The van der Waals surface area contributed by atoms with E-state index in [-0.39, 0.29) is 12.6 Å². The Balaban J connectivity index is 2.04. The van der Waals surface area contributed by atoms with E-state index in [2.05, 4.69) is 15.3 Å². The van der Waals surface area contributed by atoms with E-state index >= 15 is 0 Å². The van der Waals surface area contributed by atoms with Gasteiger partial charge in [-0.1, -0.05) is 0 Å². The molecule has 2 unspecified atom stereocenters. The molecule has 0 amide bonds. The summed E-state index contributed by atoms with van der Waals surface area (Å²) >= 11 is 0. The summed E-state index contributed by atoms with van der Waals surface area (Å²) in [6.07, 6.45) is 1.37. The third-order valence-electron chi connectivity index (χ3n) is 2.67. The van der Waals surface area contributed by atoms with Crippen LogP contribution in [-0.2, 0) is 9.53 Å². The zero-order valence-corrected chi connectivity index (χ0v) is 10.00. The molecule has 0 radical (unpaired) electrons. The quantitative estimate of drug-likeness (QED) is 0.783. The van der Waals surface area contributed by atoms with Crippen molar-refractivity contribution < 1.29 is 19.4 Å². The zero-order valence-electron chi connectivity index (χ0n) is 10.00. The number of ether oxygens (including phenoxy) is 2. The number of aromatic nitrogens is 2. The summed E-state index contributed by atoms with van der Waals surface area (Å²) in [5.74, 6) is -0.435. The minimum Gasteiger partial charge on any atom is -0.481 e. The number of nitrogens with one attached hydrogen (secondary N) is 1. The molecule has 1 aliphatic rings. The molecular weight excluding hydrogens is 238 g/mol. The van der Waals surface area contributed by atoms with Crippen LogP contribution in [0.1, 0.15) is 6.92 Å². The molecule has 0 bridgehead atoms.